The summed E-state index contributed by atoms with van der Waals surface area (Å²) in [4.78, 5) is 10.5. The number of aromatic nitrogens is 2. The maximum Gasteiger partial charge on any atom is 0.265 e. The number of H-pyrrole nitrogens is 1. The minimum atomic E-state index is -3.66. The highest BCUT2D eigenvalue weighted by molar-refractivity contribution is 7.92. The van der Waals surface area contributed by atoms with E-state index in [4.69, 9.17) is 0 Å². The molecule has 0 radical (unpaired) electrons. The molecular formula is C26H28N4O2S. The highest BCUT2D eigenvalue weighted by atomic mass is 32.2. The highest BCUT2D eigenvalue weighted by Crippen LogP contribution is 2.32. The van der Waals surface area contributed by atoms with Gasteiger partial charge in [0.25, 0.3) is 10.0 Å². The third-order valence-electron chi connectivity index (χ3n) is 6.45. The molecule has 0 bridgehead atoms. The van der Waals surface area contributed by atoms with Crippen molar-refractivity contribution in [1.29, 1.82) is 0 Å². The normalized spacial score (nSPS) is 15.1. The first-order valence-electron chi connectivity index (χ1n) is 11.4. The Kier molecular flexibility index (Phi) is 5.81. The molecule has 1 saturated heterocycles. The Morgan fingerprint density at radius 2 is 1.73 bits per heavy atom. The molecular weight excluding hydrogens is 432 g/mol. The number of nitrogens with zero attached hydrogens (tertiary/aromatic N) is 3. The van der Waals surface area contributed by atoms with Crippen LogP contribution in [0.1, 0.15) is 31.4 Å². The molecule has 4 aromatic rings. The molecule has 0 amide bonds. The predicted molar refractivity (Wildman–Crippen MR) is 133 cm³/mol. The van der Waals surface area contributed by atoms with Gasteiger partial charge in [0.1, 0.15) is 10.7 Å². The van der Waals surface area contributed by atoms with Crippen LogP contribution in [0.25, 0.3) is 10.9 Å². The van der Waals surface area contributed by atoms with Crippen LogP contribution in [0.4, 0.5) is 11.5 Å². The topological polar surface area (TPSA) is 69.3 Å². The summed E-state index contributed by atoms with van der Waals surface area (Å²) in [6.45, 7) is 3.98. The molecule has 1 aliphatic heterocycles. The lowest BCUT2D eigenvalue weighted by Crippen LogP contribution is -2.34. The first kappa shape index (κ1) is 21.5. The molecule has 6 nitrogen and oxygen atoms in total. The first-order valence-corrected chi connectivity index (χ1v) is 12.9. The average Bonchev–Trinajstić information content (AvgIpc) is 3.30. The van der Waals surface area contributed by atoms with Crippen LogP contribution in [0.15, 0.2) is 83.9 Å². The van der Waals surface area contributed by atoms with E-state index in [1.807, 2.05) is 31.2 Å². The summed E-state index contributed by atoms with van der Waals surface area (Å²) >= 11 is 0. The zero-order valence-electron chi connectivity index (χ0n) is 18.7. The van der Waals surface area contributed by atoms with E-state index in [0.29, 0.717) is 18.2 Å². The van der Waals surface area contributed by atoms with Crippen LogP contribution >= 0.6 is 0 Å². The molecule has 33 heavy (non-hydrogen) atoms. The number of hydrogen-bond acceptors (Lipinski definition) is 4. The molecule has 1 aliphatic rings. The van der Waals surface area contributed by atoms with Crippen LogP contribution in [0.2, 0.25) is 0 Å². The van der Waals surface area contributed by atoms with Gasteiger partial charge in [-0.2, -0.15) is 0 Å². The van der Waals surface area contributed by atoms with E-state index in [2.05, 4.69) is 45.2 Å². The Morgan fingerprint density at radius 1 is 1.00 bits per heavy atom. The molecule has 170 valence electrons. The molecule has 0 aliphatic carbocycles. The molecule has 7 heteroatoms. The lowest BCUT2D eigenvalue weighted by atomic mass is 9.93. The van der Waals surface area contributed by atoms with Crippen LogP contribution in [0.5, 0.6) is 0 Å². The zero-order chi connectivity index (χ0) is 22.8. The smallest absolute Gasteiger partial charge is 0.265 e. The molecule has 2 aromatic carbocycles. The van der Waals surface area contributed by atoms with E-state index in [1.165, 1.54) is 27.1 Å². The monoisotopic (exact) mass is 460 g/mol. The fraction of sp³-hybridized carbons (Fsp3) is 0.269. The number of nitrogens with one attached hydrogen (secondary N) is 1. The molecule has 0 atom stereocenters. The van der Waals surface area contributed by atoms with Crippen molar-refractivity contribution < 1.29 is 8.42 Å². The van der Waals surface area contributed by atoms with Gasteiger partial charge in [-0.05, 0) is 61.5 Å². The number of sulfonamides is 1. The summed E-state index contributed by atoms with van der Waals surface area (Å²) in [5.74, 6) is 1.32. The second-order valence-corrected chi connectivity index (χ2v) is 10.3. The van der Waals surface area contributed by atoms with Crippen molar-refractivity contribution in [3.8, 4) is 0 Å². The van der Waals surface area contributed by atoms with Crippen molar-refractivity contribution in [2.24, 2.45) is 0 Å². The Hall–Kier alpha value is -3.32. The zero-order valence-corrected chi connectivity index (χ0v) is 19.5. The third kappa shape index (κ3) is 4.20. The second kappa shape index (κ2) is 8.90. The number of hydrogen-bond donors (Lipinski definition) is 1. The van der Waals surface area contributed by atoms with Crippen molar-refractivity contribution in [1.82, 2.24) is 9.97 Å². The van der Waals surface area contributed by atoms with Gasteiger partial charge < -0.3 is 9.88 Å². The van der Waals surface area contributed by atoms with Crippen LogP contribution in [-0.4, -0.2) is 38.0 Å². The SMILES string of the molecule is CCN(c1ccccc1)S(=O)(=O)c1ccc(N2CCC(c3cc4ccccc4[nH]3)CC2)nc1. The lowest BCUT2D eigenvalue weighted by molar-refractivity contribution is 0.496. The Bertz CT molecular complexity index is 1290. The number of para-hydroxylation sites is 2. The van der Waals surface area contributed by atoms with Gasteiger partial charge in [-0.1, -0.05) is 36.4 Å². The Labute approximate surface area is 194 Å². The van der Waals surface area contributed by atoms with Crippen LogP contribution in [0.3, 0.4) is 0 Å². The number of pyridine rings is 1. The largest absolute Gasteiger partial charge is 0.358 e. The maximum absolute atomic E-state index is 13.2. The van der Waals surface area contributed by atoms with E-state index in [1.54, 1.807) is 18.2 Å². The van der Waals surface area contributed by atoms with Crippen molar-refractivity contribution in [3.63, 3.8) is 0 Å². The quantitative estimate of drug-likeness (QED) is 0.431. The Morgan fingerprint density at radius 3 is 2.39 bits per heavy atom. The number of rotatable bonds is 6. The molecule has 3 heterocycles. The lowest BCUT2D eigenvalue weighted by Gasteiger charge is -2.32. The third-order valence-corrected chi connectivity index (χ3v) is 8.34. The summed E-state index contributed by atoms with van der Waals surface area (Å²) in [7, 11) is -3.66. The molecule has 1 N–H and O–H groups in total. The molecule has 0 saturated carbocycles. The van der Waals surface area contributed by atoms with Crippen LogP contribution < -0.4 is 9.21 Å². The van der Waals surface area contributed by atoms with E-state index in [-0.39, 0.29) is 4.90 Å². The van der Waals surface area contributed by atoms with Crippen molar-refractivity contribution >= 4 is 32.4 Å². The molecule has 2 aromatic heterocycles. The van der Waals surface area contributed by atoms with Gasteiger partial charge in [-0.3, -0.25) is 4.31 Å². The fourth-order valence-corrected chi connectivity index (χ4v) is 6.08. The molecule has 1 fully saturated rings. The molecule has 5 rings (SSSR count). The summed E-state index contributed by atoms with van der Waals surface area (Å²) < 4.78 is 27.8. The van der Waals surface area contributed by atoms with Crippen molar-refractivity contribution in [3.05, 3.63) is 84.7 Å². The van der Waals surface area contributed by atoms with Gasteiger partial charge in [0.15, 0.2) is 0 Å². The Balaban J connectivity index is 1.28. The number of fused-ring (bicyclic) bond motifs is 1. The summed E-state index contributed by atoms with van der Waals surface area (Å²) in [5.41, 5.74) is 3.14. The van der Waals surface area contributed by atoms with Crippen molar-refractivity contribution in [2.45, 2.75) is 30.6 Å². The molecule has 0 unspecified atom stereocenters. The minimum Gasteiger partial charge on any atom is -0.358 e. The van der Waals surface area contributed by atoms with E-state index in [9.17, 15) is 8.42 Å². The standard InChI is InChI=1S/C26H28N4O2S/c1-2-30(22-9-4-3-5-10-22)33(31,32)23-12-13-26(27-19-23)29-16-14-20(15-17-29)25-18-21-8-6-7-11-24(21)28-25/h3-13,18-20,28H,2,14-17H2,1H3. The number of aromatic amines is 1. The van der Waals surface area contributed by atoms with E-state index >= 15 is 0 Å². The second-order valence-electron chi connectivity index (χ2n) is 8.43. The van der Waals surface area contributed by atoms with Crippen molar-refractivity contribution in [2.75, 3.05) is 28.8 Å². The minimum absolute atomic E-state index is 0.213. The van der Waals surface area contributed by atoms with Gasteiger partial charge in [-0.15, -0.1) is 0 Å². The first-order chi connectivity index (χ1) is 16.1. The van der Waals surface area contributed by atoms with E-state index < -0.39 is 10.0 Å². The molecule has 0 spiro atoms. The fourth-order valence-electron chi connectivity index (χ4n) is 4.66. The highest BCUT2D eigenvalue weighted by Gasteiger charge is 2.26. The van der Waals surface area contributed by atoms with Gasteiger partial charge >= 0.3 is 0 Å². The number of benzene rings is 2. The number of piperidine rings is 1. The number of anilines is 2. The summed E-state index contributed by atoms with van der Waals surface area (Å²) in [6, 6.07) is 23.3. The average molecular weight is 461 g/mol. The van der Waals surface area contributed by atoms with Crippen LogP contribution in [0, 0.1) is 0 Å². The maximum atomic E-state index is 13.2. The van der Waals surface area contributed by atoms with Gasteiger partial charge in [0.05, 0.1) is 5.69 Å². The van der Waals surface area contributed by atoms with Crippen LogP contribution in [-0.2, 0) is 10.0 Å². The van der Waals surface area contributed by atoms with Gasteiger partial charge in [-0.25, -0.2) is 13.4 Å². The van der Waals surface area contributed by atoms with E-state index in [0.717, 1.165) is 31.7 Å². The summed E-state index contributed by atoms with van der Waals surface area (Å²) in [5, 5.41) is 1.25. The predicted octanol–water partition coefficient (Wildman–Crippen LogP) is 5.16. The summed E-state index contributed by atoms with van der Waals surface area (Å²) in [6.07, 6.45) is 3.55. The van der Waals surface area contributed by atoms with Gasteiger partial charge in [0.2, 0.25) is 0 Å². The van der Waals surface area contributed by atoms with Gasteiger partial charge in [0, 0.05) is 43.0 Å².